The smallest absolute Gasteiger partial charge is 0.142 e. The highest BCUT2D eigenvalue weighted by molar-refractivity contribution is 5.64. The maximum absolute atomic E-state index is 10.0. The lowest BCUT2D eigenvalue weighted by atomic mass is 10.1. The Labute approximate surface area is 120 Å². The van der Waals surface area contributed by atoms with E-state index in [1.807, 2.05) is 6.08 Å². The van der Waals surface area contributed by atoms with E-state index >= 15 is 0 Å². The first-order chi connectivity index (χ1) is 9.41. The molecule has 0 heterocycles. The van der Waals surface area contributed by atoms with Gasteiger partial charge in [0.25, 0.3) is 0 Å². The Morgan fingerprint density at radius 2 is 1.11 bits per heavy atom. The van der Waals surface area contributed by atoms with Gasteiger partial charge in [0.15, 0.2) is 0 Å². The predicted octanol–water partition coefficient (Wildman–Crippen LogP) is 6.00. The van der Waals surface area contributed by atoms with Crippen molar-refractivity contribution < 1.29 is 4.79 Å². The van der Waals surface area contributed by atoms with Crippen molar-refractivity contribution in [3.63, 3.8) is 0 Å². The number of aldehydes is 1. The van der Waals surface area contributed by atoms with Crippen molar-refractivity contribution in [1.82, 2.24) is 0 Å². The molecule has 1 nitrogen and oxygen atoms in total. The van der Waals surface area contributed by atoms with Crippen molar-refractivity contribution in [2.75, 3.05) is 0 Å². The summed E-state index contributed by atoms with van der Waals surface area (Å²) in [5.41, 5.74) is 0. The van der Waals surface area contributed by atoms with Crippen molar-refractivity contribution in [2.24, 2.45) is 0 Å². The van der Waals surface area contributed by atoms with E-state index in [-0.39, 0.29) is 0 Å². The molecule has 0 bridgehead atoms. The predicted molar refractivity (Wildman–Crippen MR) is 85.4 cm³/mol. The maximum Gasteiger partial charge on any atom is 0.142 e. The average Bonchev–Trinajstić information content (AvgIpc) is 2.43. The second kappa shape index (κ2) is 17.2. The quantitative estimate of drug-likeness (QED) is 0.163. The van der Waals surface area contributed by atoms with Gasteiger partial charge in [-0.2, -0.15) is 0 Å². The third-order valence-corrected chi connectivity index (χ3v) is 3.35. The van der Waals surface area contributed by atoms with Crippen LogP contribution in [0.2, 0.25) is 0 Å². The summed E-state index contributed by atoms with van der Waals surface area (Å²) in [5.74, 6) is 0. The Morgan fingerprint density at radius 3 is 1.63 bits per heavy atom. The van der Waals surface area contributed by atoms with Crippen molar-refractivity contribution in [2.45, 2.75) is 84.0 Å². The number of hydrogen-bond acceptors (Lipinski definition) is 1. The monoisotopic (exact) mass is 264 g/mol. The van der Waals surface area contributed by atoms with Crippen LogP contribution in [-0.4, -0.2) is 6.29 Å². The minimum absolute atomic E-state index is 0.858. The highest BCUT2D eigenvalue weighted by atomic mass is 16.1. The van der Waals surface area contributed by atoms with E-state index in [4.69, 9.17) is 0 Å². The Balaban J connectivity index is 3.04. The summed E-state index contributed by atoms with van der Waals surface area (Å²) < 4.78 is 0. The summed E-state index contributed by atoms with van der Waals surface area (Å²) in [6.07, 6.45) is 24.7. The Morgan fingerprint density at radius 1 is 0.632 bits per heavy atom. The van der Waals surface area contributed by atoms with Gasteiger partial charge in [0.1, 0.15) is 6.29 Å². The average molecular weight is 264 g/mol. The third-order valence-electron chi connectivity index (χ3n) is 3.35. The molecule has 0 aliphatic heterocycles. The second-order valence-electron chi connectivity index (χ2n) is 5.23. The molecule has 0 aromatic carbocycles. The summed E-state index contributed by atoms with van der Waals surface area (Å²) in [6.45, 7) is 2.24. The zero-order chi connectivity index (χ0) is 14.0. The van der Waals surface area contributed by atoms with E-state index in [2.05, 4.69) is 19.1 Å². The Bertz CT molecular complexity index is 228. The van der Waals surface area contributed by atoms with E-state index in [0.717, 1.165) is 12.7 Å². The van der Waals surface area contributed by atoms with E-state index in [1.54, 1.807) is 6.08 Å². The molecule has 1 heteroatoms. The highest BCUT2D eigenvalue weighted by Crippen LogP contribution is 2.10. The molecule has 19 heavy (non-hydrogen) atoms. The van der Waals surface area contributed by atoms with Gasteiger partial charge in [-0.15, -0.1) is 0 Å². The van der Waals surface area contributed by atoms with E-state index in [9.17, 15) is 4.79 Å². The number of hydrogen-bond donors (Lipinski definition) is 0. The molecule has 0 aliphatic carbocycles. The number of rotatable bonds is 14. The molecule has 0 fully saturated rings. The number of carbonyl (C=O) groups is 1. The fourth-order valence-electron chi connectivity index (χ4n) is 2.12. The zero-order valence-corrected chi connectivity index (χ0v) is 12.8. The van der Waals surface area contributed by atoms with Gasteiger partial charge in [-0.05, 0) is 38.2 Å². The second-order valence-corrected chi connectivity index (χ2v) is 5.23. The van der Waals surface area contributed by atoms with Crippen LogP contribution in [0.3, 0.4) is 0 Å². The van der Waals surface area contributed by atoms with Crippen molar-refractivity contribution in [1.29, 1.82) is 0 Å². The van der Waals surface area contributed by atoms with Crippen LogP contribution in [0.25, 0.3) is 0 Å². The molecule has 0 saturated heterocycles. The molecular weight excluding hydrogens is 232 g/mol. The number of carbonyl (C=O) groups excluding carboxylic acids is 1. The number of allylic oxidation sites excluding steroid dienone is 4. The van der Waals surface area contributed by atoms with Gasteiger partial charge < -0.3 is 0 Å². The topological polar surface area (TPSA) is 17.1 Å². The first-order valence-corrected chi connectivity index (χ1v) is 8.17. The third kappa shape index (κ3) is 17.1. The molecule has 0 N–H and O–H groups in total. The van der Waals surface area contributed by atoms with Gasteiger partial charge in [0.2, 0.25) is 0 Å². The maximum atomic E-state index is 10.0. The fourth-order valence-corrected chi connectivity index (χ4v) is 2.12. The molecule has 0 rings (SSSR count). The first kappa shape index (κ1) is 18.1. The van der Waals surface area contributed by atoms with Crippen molar-refractivity contribution >= 4 is 6.29 Å². The van der Waals surface area contributed by atoms with Gasteiger partial charge in [0.05, 0.1) is 0 Å². The van der Waals surface area contributed by atoms with Crippen molar-refractivity contribution in [3.05, 3.63) is 24.3 Å². The van der Waals surface area contributed by atoms with Crippen LogP contribution in [-0.2, 0) is 4.79 Å². The number of unbranched alkanes of at least 4 members (excludes halogenated alkanes) is 10. The lowest BCUT2D eigenvalue weighted by Crippen LogP contribution is -1.80. The van der Waals surface area contributed by atoms with Crippen LogP contribution >= 0.6 is 0 Å². The lowest BCUT2D eigenvalue weighted by Gasteiger charge is -2.00. The highest BCUT2D eigenvalue weighted by Gasteiger charge is 1.90. The minimum atomic E-state index is 0.858. The van der Waals surface area contributed by atoms with Crippen LogP contribution in [0.15, 0.2) is 24.3 Å². The molecule has 110 valence electrons. The van der Waals surface area contributed by atoms with E-state index in [1.165, 1.54) is 70.6 Å². The Hall–Kier alpha value is -0.850. The summed E-state index contributed by atoms with van der Waals surface area (Å²) in [7, 11) is 0. The molecule has 0 radical (unpaired) electrons. The summed E-state index contributed by atoms with van der Waals surface area (Å²) in [6, 6.07) is 0. The largest absolute Gasteiger partial charge is 0.299 e. The standard InChI is InChI=1S/C18H32O/c1-2-3-4-5-6-7-8-9-10-11-12-13-14-15-16-17-18-19/h5-6,16-18H,2-4,7-15H2,1H3/b6-5-,17-16+. The van der Waals surface area contributed by atoms with Crippen LogP contribution in [0.5, 0.6) is 0 Å². The van der Waals surface area contributed by atoms with Gasteiger partial charge in [-0.1, -0.05) is 70.1 Å². The van der Waals surface area contributed by atoms with Gasteiger partial charge in [-0.25, -0.2) is 0 Å². The molecule has 0 atom stereocenters. The molecule has 0 aliphatic rings. The van der Waals surface area contributed by atoms with Gasteiger partial charge in [-0.3, -0.25) is 4.79 Å². The molecule has 0 aromatic rings. The van der Waals surface area contributed by atoms with Crippen LogP contribution < -0.4 is 0 Å². The van der Waals surface area contributed by atoms with Crippen LogP contribution in [0, 0.1) is 0 Å². The molecule has 0 aromatic heterocycles. The fraction of sp³-hybridized carbons (Fsp3) is 0.722. The molecule has 0 saturated carbocycles. The normalized spacial score (nSPS) is 11.6. The summed E-state index contributed by atoms with van der Waals surface area (Å²) >= 11 is 0. The summed E-state index contributed by atoms with van der Waals surface area (Å²) in [5, 5.41) is 0. The van der Waals surface area contributed by atoms with Gasteiger partial charge >= 0.3 is 0 Å². The van der Waals surface area contributed by atoms with E-state index < -0.39 is 0 Å². The van der Waals surface area contributed by atoms with Crippen LogP contribution in [0.4, 0.5) is 0 Å². The molecule has 0 amide bonds. The minimum Gasteiger partial charge on any atom is -0.299 e. The van der Waals surface area contributed by atoms with Crippen molar-refractivity contribution in [3.8, 4) is 0 Å². The molecule has 0 spiro atoms. The van der Waals surface area contributed by atoms with Gasteiger partial charge in [0, 0.05) is 0 Å². The first-order valence-electron chi connectivity index (χ1n) is 8.17. The Kier molecular flexibility index (Phi) is 16.4. The molecule has 0 unspecified atom stereocenters. The zero-order valence-electron chi connectivity index (χ0n) is 12.8. The van der Waals surface area contributed by atoms with Crippen LogP contribution in [0.1, 0.15) is 84.0 Å². The lowest BCUT2D eigenvalue weighted by molar-refractivity contribution is -0.104. The summed E-state index contributed by atoms with van der Waals surface area (Å²) in [4.78, 5) is 10.0. The SMILES string of the molecule is CCCC/C=C\CCCCCCCCC/C=C/C=O. The van der Waals surface area contributed by atoms with E-state index in [0.29, 0.717) is 0 Å². The molecular formula is C18H32O.